The van der Waals surface area contributed by atoms with Crippen molar-refractivity contribution in [2.24, 2.45) is 11.7 Å². The van der Waals surface area contributed by atoms with Gasteiger partial charge in [0.05, 0.1) is 0 Å². The van der Waals surface area contributed by atoms with Gasteiger partial charge in [0, 0.05) is 18.3 Å². The minimum Gasteiger partial charge on any atom is -0.335 e. The van der Waals surface area contributed by atoms with Crippen LogP contribution in [0.5, 0.6) is 0 Å². The molecule has 18 heavy (non-hydrogen) atoms. The zero-order valence-electron chi connectivity index (χ0n) is 10.8. The molecule has 0 saturated heterocycles. The summed E-state index contributed by atoms with van der Waals surface area (Å²) in [5.74, 6) is 0.820. The predicted molar refractivity (Wildman–Crippen MR) is 73.3 cm³/mol. The summed E-state index contributed by atoms with van der Waals surface area (Å²) in [6, 6.07) is 7.69. The van der Waals surface area contributed by atoms with Crippen molar-refractivity contribution in [2.45, 2.75) is 38.8 Å². The molecule has 0 radical (unpaired) electrons. The van der Waals surface area contributed by atoms with Gasteiger partial charge in [-0.2, -0.15) is 0 Å². The van der Waals surface area contributed by atoms with Gasteiger partial charge in [-0.1, -0.05) is 25.0 Å². The summed E-state index contributed by atoms with van der Waals surface area (Å²) in [6.07, 6.45) is 3.70. The van der Waals surface area contributed by atoms with Crippen molar-refractivity contribution in [1.29, 1.82) is 0 Å². The minimum absolute atomic E-state index is 0.141. The predicted octanol–water partition coefficient (Wildman–Crippen LogP) is 2.46. The van der Waals surface area contributed by atoms with Gasteiger partial charge in [0.1, 0.15) is 0 Å². The molecule has 0 aromatic heterocycles. The number of amides is 2. The number of nitrogens with two attached hydrogens (primary N) is 1. The number of rotatable bonds is 5. The number of benzene rings is 1. The molecule has 0 heterocycles. The highest BCUT2D eigenvalue weighted by Gasteiger charge is 2.24. The van der Waals surface area contributed by atoms with Crippen molar-refractivity contribution in [3.63, 3.8) is 0 Å². The topological polar surface area (TPSA) is 67.2 Å². The van der Waals surface area contributed by atoms with Crippen LogP contribution in [0.25, 0.3) is 0 Å². The van der Waals surface area contributed by atoms with Crippen LogP contribution in [0.3, 0.4) is 0 Å². The smallest absolute Gasteiger partial charge is 0.319 e. The molecule has 1 saturated carbocycles. The van der Waals surface area contributed by atoms with Crippen molar-refractivity contribution in [3.8, 4) is 0 Å². The van der Waals surface area contributed by atoms with Crippen LogP contribution >= 0.6 is 0 Å². The normalized spacial score (nSPS) is 16.1. The maximum absolute atomic E-state index is 11.8. The number of urea groups is 1. The largest absolute Gasteiger partial charge is 0.335 e. The van der Waals surface area contributed by atoms with Gasteiger partial charge in [0.25, 0.3) is 0 Å². The maximum Gasteiger partial charge on any atom is 0.319 e. The van der Waals surface area contributed by atoms with E-state index in [1.165, 1.54) is 12.8 Å². The third-order valence-electron chi connectivity index (χ3n) is 3.18. The standard InChI is InChI=1S/C14H21N3O/c1-10(7-11-5-6-11)16-14(18)17-13-4-2-3-12(8-13)9-15/h2-4,8,10-11H,5-7,9,15H2,1H3,(H2,16,17,18). The lowest BCUT2D eigenvalue weighted by atomic mass is 10.1. The molecule has 1 fully saturated rings. The highest BCUT2D eigenvalue weighted by atomic mass is 16.2. The van der Waals surface area contributed by atoms with E-state index in [1.54, 1.807) is 0 Å². The van der Waals surface area contributed by atoms with Crippen molar-refractivity contribution in [2.75, 3.05) is 5.32 Å². The number of carbonyl (C=O) groups excluding carboxylic acids is 1. The quantitative estimate of drug-likeness (QED) is 0.748. The summed E-state index contributed by atoms with van der Waals surface area (Å²) >= 11 is 0. The van der Waals surface area contributed by atoms with Crippen LogP contribution in [-0.4, -0.2) is 12.1 Å². The molecule has 2 rings (SSSR count). The van der Waals surface area contributed by atoms with Crippen molar-refractivity contribution in [3.05, 3.63) is 29.8 Å². The van der Waals surface area contributed by atoms with Gasteiger partial charge in [-0.15, -0.1) is 0 Å². The van der Waals surface area contributed by atoms with Crippen LogP contribution < -0.4 is 16.4 Å². The first-order chi connectivity index (χ1) is 8.67. The number of anilines is 1. The molecule has 1 aliphatic carbocycles. The first kappa shape index (κ1) is 12.9. The highest BCUT2D eigenvalue weighted by molar-refractivity contribution is 5.89. The van der Waals surface area contributed by atoms with E-state index in [0.717, 1.165) is 23.6 Å². The molecule has 2 amide bonds. The fourth-order valence-corrected chi connectivity index (χ4v) is 2.08. The summed E-state index contributed by atoms with van der Waals surface area (Å²) in [6.45, 7) is 2.53. The average Bonchev–Trinajstić information content (AvgIpc) is 3.12. The Hall–Kier alpha value is -1.55. The van der Waals surface area contributed by atoms with E-state index in [0.29, 0.717) is 6.54 Å². The second kappa shape index (κ2) is 5.87. The molecular weight excluding hydrogens is 226 g/mol. The van der Waals surface area contributed by atoms with Crippen LogP contribution in [0.4, 0.5) is 10.5 Å². The lowest BCUT2D eigenvalue weighted by Crippen LogP contribution is -2.36. The molecule has 0 spiro atoms. The van der Waals surface area contributed by atoms with Gasteiger partial charge in [0.15, 0.2) is 0 Å². The van der Waals surface area contributed by atoms with Gasteiger partial charge >= 0.3 is 6.03 Å². The van der Waals surface area contributed by atoms with E-state index >= 15 is 0 Å². The Morgan fingerprint density at radius 3 is 2.94 bits per heavy atom. The van der Waals surface area contributed by atoms with E-state index in [1.807, 2.05) is 31.2 Å². The minimum atomic E-state index is -0.141. The summed E-state index contributed by atoms with van der Waals surface area (Å²) in [7, 11) is 0. The Morgan fingerprint density at radius 1 is 1.50 bits per heavy atom. The van der Waals surface area contributed by atoms with Crippen LogP contribution in [-0.2, 0) is 6.54 Å². The summed E-state index contributed by atoms with van der Waals surface area (Å²) in [5.41, 5.74) is 7.36. The molecule has 98 valence electrons. The molecular formula is C14H21N3O. The van der Waals surface area contributed by atoms with E-state index in [2.05, 4.69) is 10.6 Å². The second-order valence-electron chi connectivity index (χ2n) is 5.08. The van der Waals surface area contributed by atoms with Gasteiger partial charge in [-0.25, -0.2) is 4.79 Å². The molecule has 1 aromatic carbocycles. The molecule has 1 unspecified atom stereocenters. The second-order valence-corrected chi connectivity index (χ2v) is 5.08. The number of hydrogen-bond donors (Lipinski definition) is 3. The maximum atomic E-state index is 11.8. The zero-order valence-corrected chi connectivity index (χ0v) is 10.8. The monoisotopic (exact) mass is 247 g/mol. The van der Waals surface area contributed by atoms with E-state index < -0.39 is 0 Å². The molecule has 4 heteroatoms. The SMILES string of the molecule is CC(CC1CC1)NC(=O)Nc1cccc(CN)c1. The average molecular weight is 247 g/mol. The van der Waals surface area contributed by atoms with Crippen LogP contribution in [0, 0.1) is 5.92 Å². The molecule has 4 nitrogen and oxygen atoms in total. The van der Waals surface area contributed by atoms with Crippen LogP contribution in [0.2, 0.25) is 0 Å². The lowest BCUT2D eigenvalue weighted by Gasteiger charge is -2.14. The molecule has 0 aliphatic heterocycles. The van der Waals surface area contributed by atoms with Crippen LogP contribution in [0.1, 0.15) is 31.7 Å². The van der Waals surface area contributed by atoms with Crippen molar-refractivity contribution < 1.29 is 4.79 Å². The highest BCUT2D eigenvalue weighted by Crippen LogP contribution is 2.33. The van der Waals surface area contributed by atoms with Crippen molar-refractivity contribution >= 4 is 11.7 Å². The Labute approximate surface area is 108 Å². The summed E-state index contributed by atoms with van der Waals surface area (Å²) in [4.78, 5) is 11.8. The van der Waals surface area contributed by atoms with E-state index in [9.17, 15) is 4.79 Å². The number of nitrogens with one attached hydrogen (secondary N) is 2. The number of hydrogen-bond acceptors (Lipinski definition) is 2. The molecule has 4 N–H and O–H groups in total. The first-order valence-electron chi connectivity index (χ1n) is 6.54. The third-order valence-corrected chi connectivity index (χ3v) is 3.18. The Bertz CT molecular complexity index is 415. The van der Waals surface area contributed by atoms with Crippen LogP contribution in [0.15, 0.2) is 24.3 Å². The van der Waals surface area contributed by atoms with Gasteiger partial charge in [-0.05, 0) is 37.0 Å². The molecule has 1 aromatic rings. The number of carbonyl (C=O) groups is 1. The molecule has 0 bridgehead atoms. The van der Waals surface area contributed by atoms with Gasteiger partial charge < -0.3 is 16.4 Å². The van der Waals surface area contributed by atoms with E-state index in [-0.39, 0.29) is 12.1 Å². The van der Waals surface area contributed by atoms with E-state index in [4.69, 9.17) is 5.73 Å². The fraction of sp³-hybridized carbons (Fsp3) is 0.500. The Kier molecular flexibility index (Phi) is 4.20. The third kappa shape index (κ3) is 4.04. The summed E-state index contributed by atoms with van der Waals surface area (Å²) in [5, 5.41) is 5.79. The van der Waals surface area contributed by atoms with Gasteiger partial charge in [-0.3, -0.25) is 0 Å². The van der Waals surface area contributed by atoms with Gasteiger partial charge in [0.2, 0.25) is 0 Å². The Balaban J connectivity index is 1.81. The first-order valence-corrected chi connectivity index (χ1v) is 6.54. The summed E-state index contributed by atoms with van der Waals surface area (Å²) < 4.78 is 0. The lowest BCUT2D eigenvalue weighted by molar-refractivity contribution is 0.248. The fourth-order valence-electron chi connectivity index (χ4n) is 2.08. The Morgan fingerprint density at radius 2 is 2.28 bits per heavy atom. The van der Waals surface area contributed by atoms with Crippen molar-refractivity contribution in [1.82, 2.24) is 5.32 Å². The zero-order chi connectivity index (χ0) is 13.0. The molecule has 1 atom stereocenters. The molecule has 1 aliphatic rings.